The summed E-state index contributed by atoms with van der Waals surface area (Å²) in [7, 11) is 0. The summed E-state index contributed by atoms with van der Waals surface area (Å²) in [5.74, 6) is 0.300. The Hall–Kier alpha value is -1.67. The third kappa shape index (κ3) is 3.07. The van der Waals surface area contributed by atoms with Gasteiger partial charge in [-0.15, -0.1) is 0 Å². The SMILES string of the molecule is O=C(CSc1ncnc2nc[nH]c12)NCC1CCCO1. The summed E-state index contributed by atoms with van der Waals surface area (Å²) < 4.78 is 5.46. The first-order chi connectivity index (χ1) is 9.83. The number of thioether (sulfide) groups is 1. The zero-order valence-electron chi connectivity index (χ0n) is 10.8. The molecule has 3 rings (SSSR count). The van der Waals surface area contributed by atoms with Crippen LogP contribution in [0.15, 0.2) is 17.7 Å². The van der Waals surface area contributed by atoms with Crippen molar-refractivity contribution in [2.75, 3.05) is 18.9 Å². The van der Waals surface area contributed by atoms with Crippen LogP contribution in [-0.4, -0.2) is 50.9 Å². The van der Waals surface area contributed by atoms with E-state index in [4.69, 9.17) is 4.74 Å². The number of aromatic amines is 1. The zero-order chi connectivity index (χ0) is 13.8. The number of nitrogens with one attached hydrogen (secondary N) is 2. The van der Waals surface area contributed by atoms with Crippen molar-refractivity contribution >= 4 is 28.8 Å². The van der Waals surface area contributed by atoms with Gasteiger partial charge >= 0.3 is 0 Å². The fourth-order valence-electron chi connectivity index (χ4n) is 2.07. The highest BCUT2D eigenvalue weighted by atomic mass is 32.2. The monoisotopic (exact) mass is 293 g/mol. The Kier molecular flexibility index (Phi) is 4.12. The van der Waals surface area contributed by atoms with Crippen LogP contribution >= 0.6 is 11.8 Å². The second kappa shape index (κ2) is 6.19. The first kappa shape index (κ1) is 13.3. The van der Waals surface area contributed by atoms with Crippen molar-refractivity contribution in [2.24, 2.45) is 0 Å². The van der Waals surface area contributed by atoms with Crippen LogP contribution < -0.4 is 5.32 Å². The van der Waals surface area contributed by atoms with E-state index in [2.05, 4.69) is 25.3 Å². The van der Waals surface area contributed by atoms with Crippen LogP contribution in [0.25, 0.3) is 11.2 Å². The molecule has 2 aromatic rings. The van der Waals surface area contributed by atoms with Gasteiger partial charge in [-0.3, -0.25) is 4.79 Å². The molecule has 2 N–H and O–H groups in total. The molecule has 1 aliphatic heterocycles. The number of fused-ring (bicyclic) bond motifs is 1. The zero-order valence-corrected chi connectivity index (χ0v) is 11.7. The lowest BCUT2D eigenvalue weighted by Gasteiger charge is -2.10. The van der Waals surface area contributed by atoms with Crippen molar-refractivity contribution in [3.05, 3.63) is 12.7 Å². The Morgan fingerprint density at radius 1 is 1.50 bits per heavy atom. The number of rotatable bonds is 5. The second-order valence-corrected chi connectivity index (χ2v) is 5.47. The van der Waals surface area contributed by atoms with Crippen molar-refractivity contribution < 1.29 is 9.53 Å². The van der Waals surface area contributed by atoms with Gasteiger partial charge in [0.2, 0.25) is 5.91 Å². The summed E-state index contributed by atoms with van der Waals surface area (Å²) in [6.45, 7) is 1.39. The smallest absolute Gasteiger partial charge is 0.230 e. The molecular formula is C12H15N5O2S. The molecule has 1 aliphatic rings. The lowest BCUT2D eigenvalue weighted by Crippen LogP contribution is -2.32. The topological polar surface area (TPSA) is 92.8 Å². The number of aromatic nitrogens is 4. The van der Waals surface area contributed by atoms with E-state index in [1.165, 1.54) is 18.1 Å². The standard InChI is InChI=1S/C12H15N5O2S/c18-9(13-4-8-2-1-3-19-8)5-20-12-10-11(15-6-14-10)16-7-17-12/h6-8H,1-5H2,(H,13,18)(H,14,15,16,17). The first-order valence-corrected chi connectivity index (χ1v) is 7.46. The number of hydrogen-bond donors (Lipinski definition) is 2. The molecule has 1 amide bonds. The van der Waals surface area contributed by atoms with Crippen LogP contribution in [0.2, 0.25) is 0 Å². The second-order valence-electron chi connectivity index (χ2n) is 4.51. The lowest BCUT2D eigenvalue weighted by atomic mass is 10.2. The lowest BCUT2D eigenvalue weighted by molar-refractivity contribution is -0.119. The molecule has 1 atom stereocenters. The van der Waals surface area contributed by atoms with Gasteiger partial charge in [0.1, 0.15) is 16.9 Å². The minimum atomic E-state index is -0.0169. The first-order valence-electron chi connectivity index (χ1n) is 6.48. The fourth-order valence-corrected chi connectivity index (χ4v) is 2.86. The van der Waals surface area contributed by atoms with Crippen LogP contribution in [0.1, 0.15) is 12.8 Å². The molecule has 0 spiro atoms. The Bertz CT molecular complexity index is 596. The third-order valence-corrected chi connectivity index (χ3v) is 4.07. The minimum Gasteiger partial charge on any atom is -0.376 e. The van der Waals surface area contributed by atoms with Crippen LogP contribution in [0, 0.1) is 0 Å². The number of amides is 1. The van der Waals surface area contributed by atoms with E-state index in [1.54, 1.807) is 6.33 Å². The van der Waals surface area contributed by atoms with Gasteiger partial charge in [-0.05, 0) is 12.8 Å². The average molecular weight is 293 g/mol. The van der Waals surface area contributed by atoms with E-state index in [-0.39, 0.29) is 12.0 Å². The number of ether oxygens (including phenoxy) is 1. The van der Waals surface area contributed by atoms with Crippen LogP contribution in [0.5, 0.6) is 0 Å². The molecule has 0 saturated carbocycles. The average Bonchev–Trinajstić information content (AvgIpc) is 3.13. The fraction of sp³-hybridized carbons (Fsp3) is 0.500. The van der Waals surface area contributed by atoms with Gasteiger partial charge in [-0.25, -0.2) is 15.0 Å². The number of carbonyl (C=O) groups is 1. The maximum atomic E-state index is 11.8. The number of imidazole rings is 1. The Labute approximate surface area is 119 Å². The molecule has 0 radical (unpaired) electrons. The Morgan fingerprint density at radius 2 is 2.45 bits per heavy atom. The quantitative estimate of drug-likeness (QED) is 0.624. The van der Waals surface area contributed by atoms with E-state index in [9.17, 15) is 4.79 Å². The normalized spacial score (nSPS) is 18.5. The molecule has 2 aromatic heterocycles. The van der Waals surface area contributed by atoms with E-state index < -0.39 is 0 Å². The number of nitrogens with zero attached hydrogens (tertiary/aromatic N) is 3. The van der Waals surface area contributed by atoms with Gasteiger partial charge < -0.3 is 15.0 Å². The van der Waals surface area contributed by atoms with Crippen LogP contribution in [0.4, 0.5) is 0 Å². The molecule has 8 heteroatoms. The van der Waals surface area contributed by atoms with Gasteiger partial charge in [0.15, 0.2) is 5.65 Å². The van der Waals surface area contributed by atoms with Crippen molar-refractivity contribution in [2.45, 2.75) is 24.0 Å². The van der Waals surface area contributed by atoms with Gasteiger partial charge in [0.25, 0.3) is 0 Å². The highest BCUT2D eigenvalue weighted by Gasteiger charge is 2.16. The molecule has 1 fully saturated rings. The van der Waals surface area contributed by atoms with E-state index in [1.807, 2.05) is 0 Å². The van der Waals surface area contributed by atoms with Crippen LogP contribution in [-0.2, 0) is 9.53 Å². The van der Waals surface area contributed by atoms with Gasteiger partial charge in [-0.1, -0.05) is 11.8 Å². The maximum Gasteiger partial charge on any atom is 0.230 e. The highest BCUT2D eigenvalue weighted by molar-refractivity contribution is 8.00. The summed E-state index contributed by atoms with van der Waals surface area (Å²) >= 11 is 1.37. The molecular weight excluding hydrogens is 278 g/mol. The molecule has 0 aliphatic carbocycles. The summed E-state index contributed by atoms with van der Waals surface area (Å²) in [4.78, 5) is 27.0. The van der Waals surface area contributed by atoms with Gasteiger partial charge in [0, 0.05) is 13.2 Å². The van der Waals surface area contributed by atoms with E-state index >= 15 is 0 Å². The van der Waals surface area contributed by atoms with E-state index in [0.717, 1.165) is 30.0 Å². The molecule has 0 aromatic carbocycles. The summed E-state index contributed by atoms with van der Waals surface area (Å²) in [6.07, 6.45) is 5.29. The molecule has 106 valence electrons. The minimum absolute atomic E-state index is 0.0169. The van der Waals surface area contributed by atoms with Crippen molar-refractivity contribution in [1.82, 2.24) is 25.3 Å². The van der Waals surface area contributed by atoms with Crippen molar-refractivity contribution in [1.29, 1.82) is 0 Å². The van der Waals surface area contributed by atoms with Crippen LogP contribution in [0.3, 0.4) is 0 Å². The molecule has 1 saturated heterocycles. The molecule has 20 heavy (non-hydrogen) atoms. The Morgan fingerprint density at radius 3 is 3.30 bits per heavy atom. The third-order valence-electron chi connectivity index (χ3n) is 3.08. The predicted molar refractivity (Wildman–Crippen MR) is 74.4 cm³/mol. The number of carbonyl (C=O) groups excluding carboxylic acids is 1. The summed E-state index contributed by atoms with van der Waals surface area (Å²) in [5, 5.41) is 3.62. The molecule has 1 unspecified atom stereocenters. The molecule has 3 heterocycles. The van der Waals surface area contributed by atoms with Gasteiger partial charge in [-0.2, -0.15) is 0 Å². The van der Waals surface area contributed by atoms with E-state index in [0.29, 0.717) is 17.9 Å². The Balaban J connectivity index is 1.51. The largest absolute Gasteiger partial charge is 0.376 e. The van der Waals surface area contributed by atoms with Crippen molar-refractivity contribution in [3.63, 3.8) is 0 Å². The number of H-pyrrole nitrogens is 1. The maximum absolute atomic E-state index is 11.8. The predicted octanol–water partition coefficient (Wildman–Crippen LogP) is 0.740. The summed E-state index contributed by atoms with van der Waals surface area (Å²) in [6, 6.07) is 0. The van der Waals surface area contributed by atoms with Crippen molar-refractivity contribution in [3.8, 4) is 0 Å². The summed E-state index contributed by atoms with van der Waals surface area (Å²) in [5.41, 5.74) is 1.38. The molecule has 0 bridgehead atoms. The number of hydrogen-bond acceptors (Lipinski definition) is 6. The molecule has 7 nitrogen and oxygen atoms in total. The highest BCUT2D eigenvalue weighted by Crippen LogP contribution is 2.21. The van der Waals surface area contributed by atoms with Gasteiger partial charge in [0.05, 0.1) is 18.2 Å².